The van der Waals surface area contributed by atoms with Crippen LogP contribution in [0.25, 0.3) is 0 Å². The molecule has 0 amide bonds. The van der Waals surface area contributed by atoms with Crippen molar-refractivity contribution in [2.24, 2.45) is 13.0 Å². The van der Waals surface area contributed by atoms with E-state index >= 15 is 0 Å². The van der Waals surface area contributed by atoms with Gasteiger partial charge < -0.3 is 4.57 Å². The lowest BCUT2D eigenvalue weighted by Crippen LogP contribution is -2.31. The Morgan fingerprint density at radius 2 is 2.33 bits per heavy atom. The first-order chi connectivity index (χ1) is 7.09. The second-order valence-corrected chi connectivity index (χ2v) is 4.94. The summed E-state index contributed by atoms with van der Waals surface area (Å²) >= 11 is 5.95. The molecule has 1 fully saturated rings. The Morgan fingerprint density at radius 1 is 1.67 bits per heavy atom. The van der Waals surface area contributed by atoms with E-state index in [9.17, 15) is 0 Å². The van der Waals surface area contributed by atoms with Crippen LogP contribution in [0.3, 0.4) is 0 Å². The fourth-order valence-corrected chi connectivity index (χ4v) is 2.02. The zero-order valence-electron chi connectivity index (χ0n) is 9.57. The third-order valence-electron chi connectivity index (χ3n) is 3.42. The van der Waals surface area contributed by atoms with Crippen molar-refractivity contribution in [3.63, 3.8) is 0 Å². The molecule has 1 aliphatic rings. The molecule has 1 unspecified atom stereocenters. The quantitative estimate of drug-likeness (QED) is 0.787. The van der Waals surface area contributed by atoms with E-state index in [2.05, 4.69) is 23.9 Å². The van der Waals surface area contributed by atoms with E-state index < -0.39 is 0 Å². The number of imidazole rings is 1. The number of aromatic nitrogens is 2. The molecule has 15 heavy (non-hydrogen) atoms. The van der Waals surface area contributed by atoms with Gasteiger partial charge in [-0.3, -0.25) is 4.90 Å². The lowest BCUT2D eigenvalue weighted by molar-refractivity contribution is 0.219. The first-order valence-corrected chi connectivity index (χ1v) is 5.83. The number of hydrogen-bond donors (Lipinski definition) is 0. The molecule has 0 saturated heterocycles. The average Bonchev–Trinajstić information content (AvgIpc) is 3.00. The monoisotopic (exact) mass is 227 g/mol. The minimum Gasteiger partial charge on any atom is -0.321 e. The third-order valence-corrected chi connectivity index (χ3v) is 3.77. The molecule has 4 heteroatoms. The van der Waals surface area contributed by atoms with Crippen LogP contribution in [0, 0.1) is 5.92 Å². The van der Waals surface area contributed by atoms with E-state index in [0.717, 1.165) is 18.3 Å². The Kier molecular flexibility index (Phi) is 3.03. The predicted octanol–water partition coefficient (Wildman–Crippen LogP) is 2.30. The second-order valence-electron chi connectivity index (χ2n) is 4.55. The number of rotatable bonds is 4. The third kappa shape index (κ3) is 2.34. The van der Waals surface area contributed by atoms with Gasteiger partial charge in [-0.25, -0.2) is 4.98 Å². The highest BCUT2D eigenvalue weighted by Crippen LogP contribution is 2.35. The molecule has 1 atom stereocenters. The second kappa shape index (κ2) is 4.14. The predicted molar refractivity (Wildman–Crippen MR) is 61.9 cm³/mol. The average molecular weight is 228 g/mol. The summed E-state index contributed by atoms with van der Waals surface area (Å²) in [6.45, 7) is 3.17. The normalized spacial score (nSPS) is 18.5. The Morgan fingerprint density at radius 3 is 2.80 bits per heavy atom. The smallest absolute Gasteiger partial charge is 0.128 e. The molecular formula is C11H18ClN3. The summed E-state index contributed by atoms with van der Waals surface area (Å²) in [5.41, 5.74) is 0. The van der Waals surface area contributed by atoms with Crippen molar-refractivity contribution in [2.75, 3.05) is 7.05 Å². The first-order valence-electron chi connectivity index (χ1n) is 5.46. The summed E-state index contributed by atoms with van der Waals surface area (Å²) in [4.78, 5) is 6.66. The van der Waals surface area contributed by atoms with Crippen LogP contribution < -0.4 is 0 Å². The molecule has 1 saturated carbocycles. The Hall–Kier alpha value is -0.540. The van der Waals surface area contributed by atoms with E-state index in [-0.39, 0.29) is 0 Å². The lowest BCUT2D eigenvalue weighted by Gasteiger charge is -2.24. The van der Waals surface area contributed by atoms with Crippen LogP contribution in [0.1, 0.15) is 25.6 Å². The number of halogens is 1. The van der Waals surface area contributed by atoms with E-state index in [1.165, 1.54) is 12.8 Å². The van der Waals surface area contributed by atoms with Crippen LogP contribution >= 0.6 is 11.6 Å². The molecule has 2 rings (SSSR count). The van der Waals surface area contributed by atoms with Gasteiger partial charge in [-0.05, 0) is 32.7 Å². The van der Waals surface area contributed by atoms with Gasteiger partial charge in [-0.1, -0.05) is 11.6 Å². The molecule has 0 bridgehead atoms. The Bertz CT molecular complexity index is 344. The summed E-state index contributed by atoms with van der Waals surface area (Å²) < 4.78 is 1.94. The first kappa shape index (κ1) is 11.0. The largest absolute Gasteiger partial charge is 0.321 e. The van der Waals surface area contributed by atoms with Crippen molar-refractivity contribution in [3.8, 4) is 0 Å². The molecular weight excluding hydrogens is 210 g/mol. The van der Waals surface area contributed by atoms with E-state index in [4.69, 9.17) is 11.6 Å². The summed E-state index contributed by atoms with van der Waals surface area (Å²) in [7, 11) is 4.12. The molecule has 84 valence electrons. The standard InChI is InChI=1S/C11H18ClN3/c1-8(9-4-5-9)14(2)7-11-13-6-10(12)15(11)3/h6,8-9H,4-5,7H2,1-3H3. The minimum absolute atomic E-state index is 0.653. The zero-order valence-corrected chi connectivity index (χ0v) is 10.3. The van der Waals surface area contributed by atoms with Crippen molar-refractivity contribution in [1.82, 2.24) is 14.5 Å². The Balaban J connectivity index is 1.98. The van der Waals surface area contributed by atoms with Gasteiger partial charge in [0.05, 0.1) is 12.7 Å². The van der Waals surface area contributed by atoms with Crippen molar-refractivity contribution in [2.45, 2.75) is 32.4 Å². The molecule has 1 aliphatic carbocycles. The van der Waals surface area contributed by atoms with Crippen LogP contribution in [-0.2, 0) is 13.6 Å². The van der Waals surface area contributed by atoms with Crippen LogP contribution in [0.5, 0.6) is 0 Å². The van der Waals surface area contributed by atoms with Gasteiger partial charge in [0.25, 0.3) is 0 Å². The minimum atomic E-state index is 0.653. The maximum atomic E-state index is 5.95. The fraction of sp³-hybridized carbons (Fsp3) is 0.727. The van der Waals surface area contributed by atoms with E-state index in [0.29, 0.717) is 11.2 Å². The SMILES string of the molecule is CC(C1CC1)N(C)Cc1ncc(Cl)n1C. The molecule has 3 nitrogen and oxygen atoms in total. The van der Waals surface area contributed by atoms with Crippen molar-refractivity contribution in [1.29, 1.82) is 0 Å². The molecule has 0 radical (unpaired) electrons. The van der Waals surface area contributed by atoms with Crippen LogP contribution in [0.15, 0.2) is 6.20 Å². The maximum Gasteiger partial charge on any atom is 0.128 e. The van der Waals surface area contributed by atoms with Gasteiger partial charge in [0.2, 0.25) is 0 Å². The molecule has 0 spiro atoms. The summed E-state index contributed by atoms with van der Waals surface area (Å²) in [6.07, 6.45) is 4.48. The van der Waals surface area contributed by atoms with Gasteiger partial charge in [-0.15, -0.1) is 0 Å². The van der Waals surface area contributed by atoms with Gasteiger partial charge in [0.15, 0.2) is 0 Å². The molecule has 1 heterocycles. The van der Waals surface area contributed by atoms with Gasteiger partial charge in [0, 0.05) is 13.1 Å². The summed E-state index contributed by atoms with van der Waals surface area (Å²) in [6, 6.07) is 0.653. The number of hydrogen-bond acceptors (Lipinski definition) is 2. The van der Waals surface area contributed by atoms with E-state index in [1.54, 1.807) is 6.20 Å². The highest BCUT2D eigenvalue weighted by molar-refractivity contribution is 6.29. The maximum absolute atomic E-state index is 5.95. The lowest BCUT2D eigenvalue weighted by atomic mass is 10.2. The van der Waals surface area contributed by atoms with Crippen molar-refractivity contribution >= 4 is 11.6 Å². The highest BCUT2D eigenvalue weighted by atomic mass is 35.5. The van der Waals surface area contributed by atoms with Gasteiger partial charge >= 0.3 is 0 Å². The number of nitrogens with zero attached hydrogens (tertiary/aromatic N) is 3. The molecule has 0 N–H and O–H groups in total. The molecule has 1 aromatic heterocycles. The Labute approximate surface area is 96.0 Å². The van der Waals surface area contributed by atoms with Crippen molar-refractivity contribution in [3.05, 3.63) is 17.2 Å². The van der Waals surface area contributed by atoms with Crippen LogP contribution in [-0.4, -0.2) is 27.5 Å². The molecule has 1 aromatic rings. The zero-order chi connectivity index (χ0) is 11.0. The topological polar surface area (TPSA) is 21.1 Å². The van der Waals surface area contributed by atoms with Crippen molar-refractivity contribution < 1.29 is 0 Å². The van der Waals surface area contributed by atoms with Gasteiger partial charge in [-0.2, -0.15) is 0 Å². The van der Waals surface area contributed by atoms with E-state index in [1.807, 2.05) is 11.6 Å². The van der Waals surface area contributed by atoms with Crippen LogP contribution in [0.4, 0.5) is 0 Å². The highest BCUT2D eigenvalue weighted by Gasteiger charge is 2.30. The summed E-state index contributed by atoms with van der Waals surface area (Å²) in [5.74, 6) is 1.93. The van der Waals surface area contributed by atoms with Gasteiger partial charge in [0.1, 0.15) is 11.0 Å². The summed E-state index contributed by atoms with van der Waals surface area (Å²) in [5, 5.41) is 0.706. The molecule has 0 aromatic carbocycles. The molecule has 0 aliphatic heterocycles. The fourth-order valence-electron chi connectivity index (χ4n) is 1.88. The van der Waals surface area contributed by atoms with Crippen LogP contribution in [0.2, 0.25) is 5.15 Å².